The van der Waals surface area contributed by atoms with Gasteiger partial charge in [0.25, 0.3) is 0 Å². The van der Waals surface area contributed by atoms with Gasteiger partial charge in [-0.25, -0.2) is 0 Å². The molecule has 0 aromatic carbocycles. The van der Waals surface area contributed by atoms with E-state index in [-0.39, 0.29) is 24.3 Å². The summed E-state index contributed by atoms with van der Waals surface area (Å²) in [6.45, 7) is 7.50. The average molecular weight is 338 g/mol. The van der Waals surface area contributed by atoms with E-state index in [0.29, 0.717) is 25.7 Å². The van der Waals surface area contributed by atoms with E-state index in [1.807, 2.05) is 26.8 Å². The molecule has 0 bridgehead atoms. The lowest BCUT2D eigenvalue weighted by Crippen LogP contribution is -2.31. The van der Waals surface area contributed by atoms with Crippen LogP contribution in [0.2, 0.25) is 0 Å². The molecule has 0 amide bonds. The fourth-order valence-corrected chi connectivity index (χ4v) is 2.00. The van der Waals surface area contributed by atoms with Gasteiger partial charge in [-0.2, -0.15) is 0 Å². The minimum atomic E-state index is -0.596. The Morgan fingerprint density at radius 3 is 2.21 bits per heavy atom. The van der Waals surface area contributed by atoms with E-state index >= 15 is 0 Å². The summed E-state index contributed by atoms with van der Waals surface area (Å²) in [5.41, 5.74) is 0. The van der Waals surface area contributed by atoms with Crippen molar-refractivity contribution in [2.75, 3.05) is 6.61 Å². The number of allylic oxidation sites excluding steroid dienone is 4. The van der Waals surface area contributed by atoms with E-state index in [1.165, 1.54) is 6.08 Å². The molecule has 0 aromatic heterocycles. The molecule has 0 aliphatic carbocycles. The van der Waals surface area contributed by atoms with Crippen LogP contribution in [0.5, 0.6) is 0 Å². The van der Waals surface area contributed by atoms with Gasteiger partial charge in [0.05, 0.1) is 12.5 Å². The molecule has 0 radical (unpaired) electrons. The summed E-state index contributed by atoms with van der Waals surface area (Å²) in [5, 5.41) is 0. The van der Waals surface area contributed by atoms with Gasteiger partial charge in [0.2, 0.25) is 0 Å². The number of hydrogen-bond donors (Lipinski definition) is 0. The lowest BCUT2D eigenvalue weighted by molar-refractivity contribution is -0.154. The normalized spacial score (nSPS) is 13.8. The van der Waals surface area contributed by atoms with Gasteiger partial charge in [-0.1, -0.05) is 39.0 Å². The van der Waals surface area contributed by atoms with Crippen LogP contribution < -0.4 is 0 Å². The second-order valence-corrected chi connectivity index (χ2v) is 5.61. The molecule has 2 atom stereocenters. The first-order valence-electron chi connectivity index (χ1n) is 8.64. The van der Waals surface area contributed by atoms with Crippen molar-refractivity contribution in [1.82, 2.24) is 0 Å². The van der Waals surface area contributed by atoms with Gasteiger partial charge < -0.3 is 9.47 Å². The maximum Gasteiger partial charge on any atom is 0.306 e. The van der Waals surface area contributed by atoms with E-state index < -0.39 is 12.0 Å². The van der Waals surface area contributed by atoms with Crippen molar-refractivity contribution in [3.8, 4) is 0 Å². The molecule has 0 aliphatic heterocycles. The summed E-state index contributed by atoms with van der Waals surface area (Å²) in [7, 11) is 0. The first kappa shape index (κ1) is 22.1. The van der Waals surface area contributed by atoms with Crippen LogP contribution in [0.15, 0.2) is 24.3 Å². The predicted octanol–water partition coefficient (Wildman–Crippen LogP) is 3.77. The summed E-state index contributed by atoms with van der Waals surface area (Å²) in [5.74, 6) is -1.22. The van der Waals surface area contributed by atoms with Crippen LogP contribution in [0.3, 0.4) is 0 Å². The van der Waals surface area contributed by atoms with Gasteiger partial charge in [0, 0.05) is 19.3 Å². The Morgan fingerprint density at radius 1 is 1.00 bits per heavy atom. The molecule has 0 fully saturated rings. The second kappa shape index (κ2) is 13.5. The largest absolute Gasteiger partial charge is 0.466 e. The fraction of sp³-hybridized carbons (Fsp3) is 0.632. The molecule has 0 heterocycles. The lowest BCUT2D eigenvalue weighted by Gasteiger charge is -2.22. The molecule has 0 saturated heterocycles. The molecule has 2 unspecified atom stereocenters. The highest BCUT2D eigenvalue weighted by Crippen LogP contribution is 2.16. The maximum atomic E-state index is 12.2. The smallest absolute Gasteiger partial charge is 0.306 e. The van der Waals surface area contributed by atoms with E-state index in [0.717, 1.165) is 6.42 Å². The monoisotopic (exact) mass is 338 g/mol. The van der Waals surface area contributed by atoms with Crippen molar-refractivity contribution >= 4 is 17.7 Å². The highest BCUT2D eigenvalue weighted by Gasteiger charge is 2.26. The van der Waals surface area contributed by atoms with Gasteiger partial charge >= 0.3 is 11.9 Å². The van der Waals surface area contributed by atoms with Crippen molar-refractivity contribution in [1.29, 1.82) is 0 Å². The quantitative estimate of drug-likeness (QED) is 0.308. The van der Waals surface area contributed by atoms with Gasteiger partial charge in [0.15, 0.2) is 5.78 Å². The highest BCUT2D eigenvalue weighted by molar-refractivity contribution is 5.92. The van der Waals surface area contributed by atoms with Crippen molar-refractivity contribution < 1.29 is 23.9 Å². The van der Waals surface area contributed by atoms with Crippen LogP contribution in [-0.2, 0) is 23.9 Å². The van der Waals surface area contributed by atoms with Crippen molar-refractivity contribution in [2.24, 2.45) is 5.92 Å². The van der Waals surface area contributed by atoms with Gasteiger partial charge in [-0.05, 0) is 25.8 Å². The average Bonchev–Trinajstić information content (AvgIpc) is 2.53. The number of esters is 2. The summed E-state index contributed by atoms with van der Waals surface area (Å²) in [4.78, 5) is 35.4. The molecule has 0 saturated carbocycles. The zero-order valence-electron chi connectivity index (χ0n) is 15.2. The Bertz CT molecular complexity index is 451. The first-order chi connectivity index (χ1) is 11.5. The van der Waals surface area contributed by atoms with Gasteiger partial charge in [0.1, 0.15) is 6.10 Å². The van der Waals surface area contributed by atoms with Crippen molar-refractivity contribution in [2.45, 2.75) is 65.9 Å². The molecule has 0 N–H and O–H groups in total. The molecule has 0 aliphatic rings. The van der Waals surface area contributed by atoms with Crippen molar-refractivity contribution in [3.05, 3.63) is 24.3 Å². The number of ether oxygens (including phenoxy) is 2. The Hall–Kier alpha value is -1.91. The van der Waals surface area contributed by atoms with Crippen molar-refractivity contribution in [3.63, 3.8) is 0 Å². The minimum absolute atomic E-state index is 0.123. The van der Waals surface area contributed by atoms with Crippen LogP contribution in [0.4, 0.5) is 0 Å². The van der Waals surface area contributed by atoms with E-state index in [4.69, 9.17) is 9.47 Å². The number of hydrogen-bond acceptors (Lipinski definition) is 5. The van der Waals surface area contributed by atoms with E-state index in [9.17, 15) is 14.4 Å². The predicted molar refractivity (Wildman–Crippen MR) is 93.4 cm³/mol. The Balaban J connectivity index is 4.74. The van der Waals surface area contributed by atoms with Gasteiger partial charge in [-0.3, -0.25) is 14.4 Å². The van der Waals surface area contributed by atoms with Crippen LogP contribution >= 0.6 is 0 Å². The summed E-state index contributed by atoms with van der Waals surface area (Å²) in [6, 6.07) is 0. The Labute approximate surface area is 145 Å². The molecule has 136 valence electrons. The molecular weight excluding hydrogens is 308 g/mol. The SMILES string of the molecule is C/C=C/C=C/C(=O)C(C)C(CCOC(=O)CCC)OC(=O)CCC. The zero-order valence-corrected chi connectivity index (χ0v) is 15.2. The number of ketones is 1. The fourth-order valence-electron chi connectivity index (χ4n) is 2.00. The van der Waals surface area contributed by atoms with E-state index in [2.05, 4.69) is 0 Å². The number of carbonyl (C=O) groups is 3. The summed E-state index contributed by atoms with van der Waals surface area (Å²) in [6.07, 6.45) is 8.49. The van der Waals surface area contributed by atoms with Crippen LogP contribution in [0, 0.1) is 5.92 Å². The molecule has 0 rings (SSSR count). The minimum Gasteiger partial charge on any atom is -0.466 e. The molecule has 0 spiro atoms. The molecule has 0 aromatic rings. The van der Waals surface area contributed by atoms with Crippen LogP contribution in [-0.4, -0.2) is 30.4 Å². The summed E-state index contributed by atoms with van der Waals surface area (Å²) < 4.78 is 10.5. The first-order valence-corrected chi connectivity index (χ1v) is 8.64. The third-order valence-electron chi connectivity index (χ3n) is 3.43. The maximum absolute atomic E-state index is 12.2. The molecule has 5 nitrogen and oxygen atoms in total. The molecule has 5 heteroatoms. The number of rotatable bonds is 12. The lowest BCUT2D eigenvalue weighted by atomic mass is 9.96. The topological polar surface area (TPSA) is 69.7 Å². The van der Waals surface area contributed by atoms with Crippen LogP contribution in [0.1, 0.15) is 59.8 Å². The second-order valence-electron chi connectivity index (χ2n) is 5.61. The van der Waals surface area contributed by atoms with Gasteiger partial charge in [-0.15, -0.1) is 0 Å². The summed E-state index contributed by atoms with van der Waals surface area (Å²) >= 11 is 0. The van der Waals surface area contributed by atoms with E-state index in [1.54, 1.807) is 19.1 Å². The molecule has 24 heavy (non-hydrogen) atoms. The third kappa shape index (κ3) is 9.98. The van der Waals surface area contributed by atoms with Crippen LogP contribution in [0.25, 0.3) is 0 Å². The Kier molecular flexibility index (Phi) is 12.4. The zero-order chi connectivity index (χ0) is 18.4. The molecular formula is C19H30O5. The third-order valence-corrected chi connectivity index (χ3v) is 3.43. The number of carbonyl (C=O) groups excluding carboxylic acids is 3. The Morgan fingerprint density at radius 2 is 1.62 bits per heavy atom. The standard InChI is InChI=1S/C19H30O5/c1-5-8-9-12-16(20)15(4)17(24-19(22)11-7-3)13-14-23-18(21)10-6-2/h5,8-9,12,15,17H,6-7,10-11,13-14H2,1-4H3/b8-5+,12-9+. The highest BCUT2D eigenvalue weighted by atomic mass is 16.6.